The summed E-state index contributed by atoms with van der Waals surface area (Å²) in [5, 5.41) is 18.2. The first-order chi connectivity index (χ1) is 10.9. The number of hydrogen-bond donors (Lipinski definition) is 3. The minimum absolute atomic E-state index is 0.322. The molecule has 2 aromatic rings. The first-order valence-corrected chi connectivity index (χ1v) is 6.72. The van der Waals surface area contributed by atoms with Gasteiger partial charge in [0.15, 0.2) is 0 Å². The van der Waals surface area contributed by atoms with Gasteiger partial charge in [0.2, 0.25) is 0 Å². The van der Waals surface area contributed by atoms with E-state index < -0.39 is 6.09 Å². The molecule has 0 fully saturated rings. The van der Waals surface area contributed by atoms with Gasteiger partial charge >= 0.3 is 6.09 Å². The Morgan fingerprint density at radius 1 is 1.17 bits per heavy atom. The van der Waals surface area contributed by atoms with Gasteiger partial charge in [0.1, 0.15) is 0 Å². The molecule has 0 aromatic carbocycles. The molecule has 0 atom stereocenters. The van der Waals surface area contributed by atoms with E-state index in [1.807, 2.05) is 25.4 Å². The Balaban J connectivity index is 0.000000253. The van der Waals surface area contributed by atoms with E-state index in [-0.39, 0.29) is 0 Å². The summed E-state index contributed by atoms with van der Waals surface area (Å²) in [6.45, 7) is 5.49. The predicted octanol–water partition coefficient (Wildman–Crippen LogP) is 2.85. The van der Waals surface area contributed by atoms with Gasteiger partial charge in [0, 0.05) is 11.4 Å². The topological polar surface area (TPSA) is 108 Å². The number of nitrogens with zero attached hydrogens (tertiary/aromatic N) is 3. The van der Waals surface area contributed by atoms with Gasteiger partial charge in [0.05, 0.1) is 30.9 Å². The van der Waals surface area contributed by atoms with Gasteiger partial charge in [-0.15, -0.1) is 0 Å². The lowest BCUT2D eigenvalue weighted by atomic mass is 10.2. The van der Waals surface area contributed by atoms with Gasteiger partial charge in [0.25, 0.3) is 0 Å². The lowest BCUT2D eigenvalue weighted by Crippen LogP contribution is -2.27. The Bertz CT molecular complexity index is 646. The molecule has 0 unspecified atom stereocenters. The normalized spacial score (nSPS) is 9.48. The number of rotatable bonds is 2. The molecule has 0 aliphatic heterocycles. The summed E-state index contributed by atoms with van der Waals surface area (Å²) >= 11 is 0. The number of nitrogens with one attached hydrogen (secondary N) is 1. The molecule has 0 aliphatic rings. The molecule has 3 N–H and O–H groups in total. The number of carbonyl (C=O) groups is 1. The third kappa shape index (κ3) is 5.53. The fourth-order valence-electron chi connectivity index (χ4n) is 1.63. The molecule has 2 aromatic heterocycles. The van der Waals surface area contributed by atoms with E-state index in [4.69, 9.17) is 5.21 Å². The Kier molecular flexibility index (Phi) is 6.91. The second kappa shape index (κ2) is 8.66. The van der Waals surface area contributed by atoms with Crippen molar-refractivity contribution in [2.45, 2.75) is 20.8 Å². The molecule has 0 saturated carbocycles. The smallest absolute Gasteiger partial charge is 0.438 e. The van der Waals surface area contributed by atoms with E-state index in [0.29, 0.717) is 16.4 Å². The third-order valence-electron chi connectivity index (χ3n) is 2.84. The van der Waals surface area contributed by atoms with Crippen molar-refractivity contribution in [2.24, 2.45) is 0 Å². The van der Waals surface area contributed by atoms with Crippen LogP contribution in [0.25, 0.3) is 0 Å². The number of carbonyl (C=O) groups excluding carboxylic acids is 1. The van der Waals surface area contributed by atoms with Gasteiger partial charge in [-0.05, 0) is 44.5 Å². The molecule has 0 radical (unpaired) electrons. The molecule has 124 valence electrons. The summed E-state index contributed by atoms with van der Waals surface area (Å²) in [5.74, 6) is 0. The number of aryl methyl sites for hydroxylation is 3. The van der Waals surface area contributed by atoms with E-state index in [1.165, 1.54) is 13.3 Å². The van der Waals surface area contributed by atoms with Crippen LogP contribution < -0.4 is 10.5 Å². The predicted molar refractivity (Wildman–Crippen MR) is 84.8 cm³/mol. The van der Waals surface area contributed by atoms with E-state index in [0.717, 1.165) is 17.0 Å². The van der Waals surface area contributed by atoms with Crippen LogP contribution in [0.3, 0.4) is 0 Å². The zero-order valence-electron chi connectivity index (χ0n) is 13.4. The molecule has 0 bridgehead atoms. The summed E-state index contributed by atoms with van der Waals surface area (Å²) in [7, 11) is 1.20. The number of ether oxygens (including phenoxy) is 1. The minimum atomic E-state index is -0.834. The van der Waals surface area contributed by atoms with Crippen molar-refractivity contribution < 1.29 is 19.9 Å². The number of methoxy groups -OCH3 is 1. The summed E-state index contributed by atoms with van der Waals surface area (Å²) in [6.07, 6.45) is 2.15. The molecular formula is C15H20N4O4. The SMILES string of the molecule is COC(=O)N(O)c1cnc(C)cc1C.Cc1ccc(NO)cn1. The van der Waals surface area contributed by atoms with Crippen LogP contribution in [-0.2, 0) is 4.74 Å². The summed E-state index contributed by atoms with van der Waals surface area (Å²) < 4.78 is 4.36. The molecule has 2 rings (SSSR count). The zero-order valence-corrected chi connectivity index (χ0v) is 13.4. The zero-order chi connectivity index (χ0) is 17.4. The number of anilines is 2. The summed E-state index contributed by atoms with van der Waals surface area (Å²) in [4.78, 5) is 18.9. The summed E-state index contributed by atoms with van der Waals surface area (Å²) in [6, 6.07) is 5.34. The van der Waals surface area contributed by atoms with Crippen molar-refractivity contribution >= 4 is 17.5 Å². The van der Waals surface area contributed by atoms with Gasteiger partial charge in [-0.25, -0.2) is 4.79 Å². The highest BCUT2D eigenvalue weighted by Gasteiger charge is 2.15. The molecule has 2 heterocycles. The third-order valence-corrected chi connectivity index (χ3v) is 2.84. The van der Waals surface area contributed by atoms with Crippen LogP contribution in [-0.4, -0.2) is 33.6 Å². The van der Waals surface area contributed by atoms with Crippen LogP contribution in [0.5, 0.6) is 0 Å². The number of hydrogen-bond acceptors (Lipinski definition) is 7. The molecule has 1 amide bonds. The van der Waals surface area contributed by atoms with Gasteiger partial charge in [-0.1, -0.05) is 0 Å². The number of pyridine rings is 2. The Labute approximate surface area is 134 Å². The van der Waals surface area contributed by atoms with Crippen LogP contribution in [0.2, 0.25) is 0 Å². The first-order valence-electron chi connectivity index (χ1n) is 6.72. The Morgan fingerprint density at radius 3 is 2.30 bits per heavy atom. The van der Waals surface area contributed by atoms with Crippen molar-refractivity contribution in [3.8, 4) is 0 Å². The minimum Gasteiger partial charge on any atom is -0.451 e. The van der Waals surface area contributed by atoms with E-state index in [1.54, 1.807) is 25.3 Å². The molecule has 0 saturated heterocycles. The largest absolute Gasteiger partial charge is 0.451 e. The summed E-state index contributed by atoms with van der Waals surface area (Å²) in [5.41, 5.74) is 5.44. The van der Waals surface area contributed by atoms with Crippen molar-refractivity contribution in [3.05, 3.63) is 47.5 Å². The number of hydroxylamine groups is 1. The maximum absolute atomic E-state index is 11.0. The van der Waals surface area contributed by atoms with E-state index in [2.05, 4.69) is 14.7 Å². The highest BCUT2D eigenvalue weighted by molar-refractivity contribution is 5.85. The second-order valence-corrected chi connectivity index (χ2v) is 4.69. The average molecular weight is 320 g/mol. The number of aromatic nitrogens is 2. The Hall–Kier alpha value is -2.71. The van der Waals surface area contributed by atoms with Gasteiger partial charge < -0.3 is 4.74 Å². The second-order valence-electron chi connectivity index (χ2n) is 4.69. The highest BCUT2D eigenvalue weighted by atomic mass is 16.6. The van der Waals surface area contributed by atoms with Gasteiger partial charge in [-0.2, -0.15) is 5.06 Å². The van der Waals surface area contributed by atoms with Crippen molar-refractivity contribution in [1.29, 1.82) is 0 Å². The maximum atomic E-state index is 11.0. The van der Waals surface area contributed by atoms with Crippen LogP contribution in [0.1, 0.15) is 17.0 Å². The lowest BCUT2D eigenvalue weighted by Gasteiger charge is -2.15. The first kappa shape index (κ1) is 18.3. The molecule has 8 heteroatoms. The van der Waals surface area contributed by atoms with E-state index >= 15 is 0 Å². The van der Waals surface area contributed by atoms with Crippen LogP contribution in [0.15, 0.2) is 30.6 Å². The van der Waals surface area contributed by atoms with Crippen molar-refractivity contribution in [2.75, 3.05) is 17.7 Å². The quantitative estimate of drug-likeness (QED) is 0.576. The molecule has 8 nitrogen and oxygen atoms in total. The average Bonchev–Trinajstić information content (AvgIpc) is 2.55. The highest BCUT2D eigenvalue weighted by Crippen LogP contribution is 2.18. The van der Waals surface area contributed by atoms with Gasteiger partial charge in [-0.3, -0.25) is 25.9 Å². The maximum Gasteiger partial charge on any atom is 0.438 e. The fourth-order valence-corrected chi connectivity index (χ4v) is 1.63. The fraction of sp³-hybridized carbons (Fsp3) is 0.267. The van der Waals surface area contributed by atoms with Crippen molar-refractivity contribution in [1.82, 2.24) is 9.97 Å². The van der Waals surface area contributed by atoms with Crippen LogP contribution in [0, 0.1) is 20.8 Å². The molecule has 0 spiro atoms. The Morgan fingerprint density at radius 2 is 1.83 bits per heavy atom. The number of amides is 1. The standard InChI is InChI=1S/C9H12N2O3.C6H8N2O/c1-6-4-7(2)10-5-8(6)11(13)9(12)14-3;1-5-2-3-6(8-9)4-7-5/h4-5,13H,1-3H3;2-4,8-9H,1H3. The molecule has 23 heavy (non-hydrogen) atoms. The van der Waals surface area contributed by atoms with Crippen molar-refractivity contribution in [3.63, 3.8) is 0 Å². The van der Waals surface area contributed by atoms with E-state index in [9.17, 15) is 10.0 Å². The van der Waals surface area contributed by atoms with Crippen LogP contribution in [0.4, 0.5) is 16.2 Å². The molecular weight excluding hydrogens is 300 g/mol. The monoisotopic (exact) mass is 320 g/mol. The van der Waals surface area contributed by atoms with Crippen LogP contribution >= 0.6 is 0 Å². The lowest BCUT2D eigenvalue weighted by molar-refractivity contribution is 0.140. The molecule has 0 aliphatic carbocycles.